The van der Waals surface area contributed by atoms with Crippen LogP contribution in [-0.2, 0) is 4.79 Å². The van der Waals surface area contributed by atoms with Crippen LogP contribution in [0.5, 0.6) is 5.75 Å². The Morgan fingerprint density at radius 3 is 2.20 bits per heavy atom. The molecule has 3 amide bonds. The van der Waals surface area contributed by atoms with Gasteiger partial charge in [0.25, 0.3) is 11.8 Å². The van der Waals surface area contributed by atoms with Gasteiger partial charge in [-0.3, -0.25) is 19.3 Å². The zero-order valence-corrected chi connectivity index (χ0v) is 17.4. The van der Waals surface area contributed by atoms with E-state index in [4.69, 9.17) is 4.74 Å². The van der Waals surface area contributed by atoms with Gasteiger partial charge in [0.05, 0.1) is 17.7 Å². The molecule has 0 spiro atoms. The second-order valence-corrected chi connectivity index (χ2v) is 7.39. The van der Waals surface area contributed by atoms with Crippen LogP contribution in [0.3, 0.4) is 0 Å². The van der Waals surface area contributed by atoms with Crippen molar-refractivity contribution in [3.63, 3.8) is 0 Å². The number of benzene rings is 2. The van der Waals surface area contributed by atoms with Gasteiger partial charge < -0.3 is 10.1 Å². The highest BCUT2D eigenvalue weighted by Crippen LogP contribution is 2.23. The van der Waals surface area contributed by atoms with Crippen LogP contribution < -0.4 is 10.1 Å². The van der Waals surface area contributed by atoms with E-state index in [1.54, 1.807) is 24.3 Å². The Morgan fingerprint density at radius 2 is 1.57 bits per heavy atom. The van der Waals surface area contributed by atoms with Crippen molar-refractivity contribution in [3.8, 4) is 5.75 Å². The predicted molar refractivity (Wildman–Crippen MR) is 116 cm³/mol. The molecule has 0 saturated carbocycles. The molecular weight excluding hydrogens is 380 g/mol. The number of hydrogen-bond acceptors (Lipinski definition) is 4. The minimum absolute atomic E-state index is 0.0459. The number of unbranched alkanes of at least 4 members (excludes halogenated alkanes) is 3. The topological polar surface area (TPSA) is 75.7 Å². The number of fused-ring (bicyclic) bond motifs is 1. The summed E-state index contributed by atoms with van der Waals surface area (Å²) in [4.78, 5) is 38.0. The summed E-state index contributed by atoms with van der Waals surface area (Å²) < 4.78 is 5.61. The van der Waals surface area contributed by atoms with Crippen LogP contribution in [-0.4, -0.2) is 35.8 Å². The van der Waals surface area contributed by atoms with Crippen molar-refractivity contribution in [2.75, 3.05) is 18.5 Å². The van der Waals surface area contributed by atoms with Gasteiger partial charge in [-0.15, -0.1) is 0 Å². The van der Waals surface area contributed by atoms with E-state index in [2.05, 4.69) is 12.2 Å². The third-order valence-corrected chi connectivity index (χ3v) is 5.07. The molecule has 0 unspecified atom stereocenters. The van der Waals surface area contributed by atoms with E-state index in [9.17, 15) is 14.4 Å². The summed E-state index contributed by atoms with van der Waals surface area (Å²) >= 11 is 0. The van der Waals surface area contributed by atoms with Crippen LogP contribution in [0.2, 0.25) is 0 Å². The fourth-order valence-electron chi connectivity index (χ4n) is 3.37. The molecule has 1 aliphatic rings. The Morgan fingerprint density at radius 1 is 0.900 bits per heavy atom. The lowest BCUT2D eigenvalue weighted by molar-refractivity contribution is -0.116. The van der Waals surface area contributed by atoms with Crippen molar-refractivity contribution < 1.29 is 19.1 Å². The number of hydrogen-bond donors (Lipinski definition) is 1. The zero-order valence-electron chi connectivity index (χ0n) is 17.4. The molecule has 1 heterocycles. The Labute approximate surface area is 177 Å². The van der Waals surface area contributed by atoms with Gasteiger partial charge in [0.2, 0.25) is 5.91 Å². The highest BCUT2D eigenvalue weighted by Gasteiger charge is 2.34. The van der Waals surface area contributed by atoms with Crippen molar-refractivity contribution in [2.24, 2.45) is 0 Å². The molecule has 0 aliphatic carbocycles. The molecule has 0 saturated heterocycles. The number of amides is 3. The van der Waals surface area contributed by atoms with Gasteiger partial charge in [0.15, 0.2) is 0 Å². The van der Waals surface area contributed by atoms with Gasteiger partial charge in [-0.05, 0) is 55.7 Å². The van der Waals surface area contributed by atoms with Gasteiger partial charge in [-0.25, -0.2) is 0 Å². The van der Waals surface area contributed by atoms with E-state index in [1.165, 1.54) is 4.90 Å². The van der Waals surface area contributed by atoms with E-state index in [-0.39, 0.29) is 17.7 Å². The fourth-order valence-corrected chi connectivity index (χ4v) is 3.37. The maximum absolute atomic E-state index is 12.3. The summed E-state index contributed by atoms with van der Waals surface area (Å²) in [5.74, 6) is 0.302. The Kier molecular flexibility index (Phi) is 7.60. The molecule has 2 aromatic carbocycles. The van der Waals surface area contributed by atoms with Crippen LogP contribution in [0.4, 0.5) is 5.69 Å². The van der Waals surface area contributed by atoms with Crippen molar-refractivity contribution in [3.05, 3.63) is 59.7 Å². The molecule has 2 aromatic rings. The highest BCUT2D eigenvalue weighted by molar-refractivity contribution is 6.21. The largest absolute Gasteiger partial charge is 0.494 e. The van der Waals surface area contributed by atoms with E-state index in [0.29, 0.717) is 43.5 Å². The molecule has 0 aromatic heterocycles. The minimum atomic E-state index is -0.226. The SMILES string of the molecule is CCCCOc1ccc(NC(=O)CCCCCN2C(=O)c3ccccc3C2=O)cc1. The second-order valence-electron chi connectivity index (χ2n) is 7.39. The predicted octanol–water partition coefficient (Wildman–Crippen LogP) is 4.66. The number of carbonyl (C=O) groups is 3. The average Bonchev–Trinajstić information content (AvgIpc) is 3.00. The monoisotopic (exact) mass is 408 g/mol. The van der Waals surface area contributed by atoms with Crippen molar-refractivity contribution in [1.29, 1.82) is 0 Å². The number of rotatable bonds is 11. The summed E-state index contributed by atoms with van der Waals surface area (Å²) in [6, 6.07) is 14.3. The van der Waals surface area contributed by atoms with Crippen molar-refractivity contribution in [1.82, 2.24) is 4.90 Å². The standard InChI is InChI=1S/C24H28N2O4/c1-2-3-17-30-19-14-12-18(13-15-19)25-22(27)11-5-4-8-16-26-23(28)20-9-6-7-10-21(20)24(26)29/h6-7,9-10,12-15H,2-5,8,11,16-17H2,1H3,(H,25,27). The zero-order chi connectivity index (χ0) is 21.3. The molecule has 1 aliphatic heterocycles. The molecule has 6 nitrogen and oxygen atoms in total. The summed E-state index contributed by atoms with van der Waals surface area (Å²) in [6.07, 6.45) is 4.66. The first-order valence-corrected chi connectivity index (χ1v) is 10.6. The second kappa shape index (κ2) is 10.6. The molecule has 3 rings (SSSR count). The van der Waals surface area contributed by atoms with Crippen LogP contribution in [0.25, 0.3) is 0 Å². The third kappa shape index (κ3) is 5.47. The van der Waals surface area contributed by atoms with E-state index in [0.717, 1.165) is 30.7 Å². The van der Waals surface area contributed by atoms with Gasteiger partial charge >= 0.3 is 0 Å². The lowest BCUT2D eigenvalue weighted by Crippen LogP contribution is -2.30. The summed E-state index contributed by atoms with van der Waals surface area (Å²) in [5, 5.41) is 2.88. The van der Waals surface area contributed by atoms with Gasteiger partial charge in [-0.1, -0.05) is 31.9 Å². The van der Waals surface area contributed by atoms with Gasteiger partial charge in [0.1, 0.15) is 5.75 Å². The van der Waals surface area contributed by atoms with E-state index < -0.39 is 0 Å². The van der Waals surface area contributed by atoms with Crippen LogP contribution in [0.15, 0.2) is 48.5 Å². The normalized spacial score (nSPS) is 12.8. The number of ether oxygens (including phenoxy) is 1. The highest BCUT2D eigenvalue weighted by atomic mass is 16.5. The minimum Gasteiger partial charge on any atom is -0.494 e. The quantitative estimate of drug-likeness (QED) is 0.433. The van der Waals surface area contributed by atoms with Crippen LogP contribution in [0, 0.1) is 0 Å². The first kappa shape index (κ1) is 21.6. The van der Waals surface area contributed by atoms with E-state index >= 15 is 0 Å². The maximum atomic E-state index is 12.3. The molecule has 1 N–H and O–H groups in total. The molecule has 0 atom stereocenters. The summed E-state index contributed by atoms with van der Waals surface area (Å²) in [7, 11) is 0. The molecule has 0 radical (unpaired) electrons. The first-order valence-electron chi connectivity index (χ1n) is 10.6. The molecule has 6 heteroatoms. The lowest BCUT2D eigenvalue weighted by atomic mass is 10.1. The van der Waals surface area contributed by atoms with Crippen LogP contribution >= 0.6 is 0 Å². The van der Waals surface area contributed by atoms with Gasteiger partial charge in [0, 0.05) is 18.7 Å². The third-order valence-electron chi connectivity index (χ3n) is 5.07. The molecule has 0 fully saturated rings. The molecule has 30 heavy (non-hydrogen) atoms. The Hall–Kier alpha value is -3.15. The molecule has 158 valence electrons. The number of imide groups is 1. The number of anilines is 1. The average molecular weight is 408 g/mol. The lowest BCUT2D eigenvalue weighted by Gasteiger charge is -2.13. The van der Waals surface area contributed by atoms with Gasteiger partial charge in [-0.2, -0.15) is 0 Å². The van der Waals surface area contributed by atoms with Crippen molar-refractivity contribution >= 4 is 23.4 Å². The molecular formula is C24H28N2O4. The van der Waals surface area contributed by atoms with Crippen molar-refractivity contribution in [2.45, 2.75) is 45.4 Å². The Bertz CT molecular complexity index is 857. The van der Waals surface area contributed by atoms with E-state index in [1.807, 2.05) is 24.3 Å². The first-order chi connectivity index (χ1) is 14.6. The smallest absolute Gasteiger partial charge is 0.261 e. The number of nitrogens with one attached hydrogen (secondary N) is 1. The maximum Gasteiger partial charge on any atom is 0.261 e. The molecule has 0 bridgehead atoms. The number of nitrogens with zero attached hydrogens (tertiary/aromatic N) is 1. The summed E-state index contributed by atoms with van der Waals surface area (Å²) in [5.41, 5.74) is 1.70. The Balaban J connectivity index is 1.34. The number of carbonyl (C=O) groups excluding carboxylic acids is 3. The van der Waals surface area contributed by atoms with Crippen LogP contribution in [0.1, 0.15) is 66.2 Å². The summed E-state index contributed by atoms with van der Waals surface area (Å²) in [6.45, 7) is 3.20. The fraction of sp³-hybridized carbons (Fsp3) is 0.375.